The van der Waals surface area contributed by atoms with Crippen LogP contribution in [0.15, 0.2) is 11.6 Å². The van der Waals surface area contributed by atoms with E-state index in [0.29, 0.717) is 36.5 Å². The fourth-order valence-corrected chi connectivity index (χ4v) is 8.36. The van der Waals surface area contributed by atoms with Gasteiger partial charge in [0.15, 0.2) is 11.4 Å². The predicted molar refractivity (Wildman–Crippen MR) is 119 cm³/mol. The second-order valence-electron chi connectivity index (χ2n) is 9.76. The lowest BCUT2D eigenvalue weighted by molar-refractivity contribution is -0.173. The van der Waals surface area contributed by atoms with Crippen LogP contribution in [0.4, 0.5) is 0 Å². The molecule has 0 amide bonds. The molecule has 3 fully saturated rings. The highest BCUT2D eigenvalue weighted by molar-refractivity contribution is 6.30. The molecule has 0 N–H and O–H groups in total. The zero-order valence-corrected chi connectivity index (χ0v) is 19.5. The van der Waals surface area contributed by atoms with Crippen LogP contribution < -0.4 is 0 Å². The smallest absolute Gasteiger partial charge is 0.307 e. The number of rotatable bonds is 4. The van der Waals surface area contributed by atoms with Crippen LogP contribution in [-0.4, -0.2) is 22.7 Å². The Morgan fingerprint density at radius 3 is 2.77 bits per heavy atom. The molecule has 7 atom stereocenters. The molecule has 4 aliphatic rings. The molecule has 4 aliphatic carbocycles. The van der Waals surface area contributed by atoms with Gasteiger partial charge in [-0.3, -0.25) is 9.59 Å². The minimum Gasteiger partial charge on any atom is -0.445 e. The zero-order chi connectivity index (χ0) is 21.5. The van der Waals surface area contributed by atoms with Gasteiger partial charge >= 0.3 is 5.97 Å². The Morgan fingerprint density at radius 2 is 2.07 bits per heavy atom. The molecule has 3 nitrogen and oxygen atoms in total. The van der Waals surface area contributed by atoms with E-state index in [1.54, 1.807) is 0 Å². The van der Waals surface area contributed by atoms with E-state index in [1.807, 2.05) is 13.0 Å². The highest BCUT2D eigenvalue weighted by Gasteiger charge is 2.67. The maximum absolute atomic E-state index is 12.6. The van der Waals surface area contributed by atoms with Crippen molar-refractivity contribution in [3.05, 3.63) is 11.6 Å². The molecule has 0 unspecified atom stereocenters. The maximum Gasteiger partial charge on any atom is 0.307 e. The molecule has 164 valence electrons. The molecule has 0 bridgehead atoms. The maximum atomic E-state index is 12.6. The van der Waals surface area contributed by atoms with Gasteiger partial charge in [0.2, 0.25) is 0 Å². The number of esters is 1. The lowest BCUT2D eigenvalue weighted by Crippen LogP contribution is -2.58. The van der Waals surface area contributed by atoms with Gasteiger partial charge in [-0.15, -0.1) is 11.6 Å². The molecule has 5 heteroatoms. The van der Waals surface area contributed by atoms with E-state index in [-0.39, 0.29) is 22.5 Å². The number of alkyl halides is 1. The third-order valence-electron chi connectivity index (χ3n) is 8.69. The summed E-state index contributed by atoms with van der Waals surface area (Å²) in [7, 11) is 0. The highest BCUT2D eigenvalue weighted by Crippen LogP contribution is 2.68. The second kappa shape index (κ2) is 8.51. The summed E-state index contributed by atoms with van der Waals surface area (Å²) in [6, 6.07) is 0. The van der Waals surface area contributed by atoms with Crippen molar-refractivity contribution in [3.63, 3.8) is 0 Å². The minimum absolute atomic E-state index is 0.00687. The lowest BCUT2D eigenvalue weighted by Gasteiger charge is -2.58. The van der Waals surface area contributed by atoms with Crippen molar-refractivity contribution in [1.82, 2.24) is 0 Å². The fraction of sp³-hybridized carbons (Fsp3) is 0.760. The Morgan fingerprint density at radius 1 is 1.27 bits per heavy atom. The largest absolute Gasteiger partial charge is 0.445 e. The summed E-state index contributed by atoms with van der Waals surface area (Å²) in [6.07, 6.45) is 10.1. The van der Waals surface area contributed by atoms with Crippen LogP contribution in [0.2, 0.25) is 0 Å². The summed E-state index contributed by atoms with van der Waals surface area (Å²) < 4.78 is 6.18. The van der Waals surface area contributed by atoms with Crippen LogP contribution >= 0.6 is 23.2 Å². The Kier molecular flexibility index (Phi) is 6.31. The molecule has 4 rings (SSSR count). The van der Waals surface area contributed by atoms with Crippen molar-refractivity contribution in [2.24, 2.45) is 29.1 Å². The van der Waals surface area contributed by atoms with Crippen LogP contribution in [0.3, 0.4) is 0 Å². The van der Waals surface area contributed by atoms with Crippen molar-refractivity contribution in [2.45, 2.75) is 89.0 Å². The molecule has 0 radical (unpaired) electrons. The average molecular weight is 451 g/mol. The molecule has 0 heterocycles. The van der Waals surface area contributed by atoms with Crippen molar-refractivity contribution in [2.75, 3.05) is 0 Å². The number of halogens is 2. The first-order chi connectivity index (χ1) is 14.4. The van der Waals surface area contributed by atoms with E-state index in [1.165, 1.54) is 5.57 Å². The van der Waals surface area contributed by atoms with Gasteiger partial charge in [0.1, 0.15) is 0 Å². The van der Waals surface area contributed by atoms with Gasteiger partial charge in [0.25, 0.3) is 0 Å². The summed E-state index contributed by atoms with van der Waals surface area (Å²) in [5, 5.41) is 2.58. The van der Waals surface area contributed by atoms with E-state index in [9.17, 15) is 9.59 Å². The molecular weight excluding hydrogens is 419 g/mol. The number of carbonyl (C=O) groups is 2. The third-order valence-corrected chi connectivity index (χ3v) is 9.23. The number of ether oxygens (including phenoxy) is 1. The Bertz CT molecular complexity index is 809. The van der Waals surface area contributed by atoms with Gasteiger partial charge in [-0.05, 0) is 98.6 Å². The van der Waals surface area contributed by atoms with Crippen molar-refractivity contribution < 1.29 is 14.3 Å². The highest BCUT2D eigenvalue weighted by atomic mass is 35.5. The molecule has 30 heavy (non-hydrogen) atoms. The number of hydrogen-bond donors (Lipinski definition) is 0. The summed E-state index contributed by atoms with van der Waals surface area (Å²) in [6.45, 7) is 4.17. The third kappa shape index (κ3) is 3.34. The second-order valence-corrected chi connectivity index (χ2v) is 10.5. The molecule has 0 spiro atoms. The van der Waals surface area contributed by atoms with Gasteiger partial charge in [-0.2, -0.15) is 0 Å². The SMILES string of the molecule is CCCC(=O)O[C@@]1(C#CCl)CC[C@H]2[C@@H]3CCC4=CC(=O)CC[C@@H]4[C@H]3[C@@H](Cl)C[C@@]21CC. The van der Waals surface area contributed by atoms with Crippen LogP contribution in [0.5, 0.6) is 0 Å². The summed E-state index contributed by atoms with van der Waals surface area (Å²) in [5.74, 6) is 5.00. The number of hydrogen-bond acceptors (Lipinski definition) is 3. The van der Waals surface area contributed by atoms with Gasteiger partial charge in [-0.1, -0.05) is 19.4 Å². The van der Waals surface area contributed by atoms with Crippen molar-refractivity contribution in [1.29, 1.82) is 0 Å². The van der Waals surface area contributed by atoms with Gasteiger partial charge in [0.05, 0.1) is 0 Å². The number of allylic oxidation sites excluding steroid dienone is 1. The predicted octanol–water partition coefficient (Wildman–Crippen LogP) is 6.02. The van der Waals surface area contributed by atoms with E-state index in [2.05, 4.69) is 18.2 Å². The number of fused-ring (bicyclic) bond motifs is 5. The molecule has 0 aromatic heterocycles. The summed E-state index contributed by atoms with van der Waals surface area (Å²) in [5.41, 5.74) is 0.232. The Balaban J connectivity index is 1.71. The normalized spacial score (nSPS) is 42.2. The molecule has 3 saturated carbocycles. The van der Waals surface area contributed by atoms with Gasteiger partial charge < -0.3 is 4.74 Å². The number of carbonyl (C=O) groups excluding carboxylic acids is 2. The Hall–Kier alpha value is -0.980. The molecular formula is C25H32Cl2O3. The zero-order valence-electron chi connectivity index (χ0n) is 18.0. The van der Waals surface area contributed by atoms with E-state index in [4.69, 9.17) is 27.9 Å². The molecule has 0 saturated heterocycles. The first kappa shape index (κ1) is 22.2. The monoisotopic (exact) mass is 450 g/mol. The van der Waals surface area contributed by atoms with E-state index in [0.717, 1.165) is 51.4 Å². The molecule has 0 aliphatic heterocycles. The van der Waals surface area contributed by atoms with Crippen LogP contribution in [-0.2, 0) is 14.3 Å². The summed E-state index contributed by atoms with van der Waals surface area (Å²) in [4.78, 5) is 24.6. The van der Waals surface area contributed by atoms with Crippen molar-refractivity contribution in [3.8, 4) is 11.3 Å². The Labute approximate surface area is 190 Å². The molecule has 0 aromatic carbocycles. The first-order valence-corrected chi connectivity index (χ1v) is 12.4. The van der Waals surface area contributed by atoms with Crippen molar-refractivity contribution >= 4 is 35.0 Å². The fourth-order valence-electron chi connectivity index (χ4n) is 7.57. The number of ketones is 1. The standard InChI is InChI=1S/C25H32Cl2O3/c1-3-5-22(29)30-25(12-13-26)11-10-20-19-8-6-16-14-17(28)7-9-18(16)23(19)21(27)15-24(20,25)4-2/h14,18-21,23H,3-11,15H2,1-2H3/t18-,19-,20-,21-,23+,24-,25+/m0/s1. The van der Waals surface area contributed by atoms with E-state index < -0.39 is 5.60 Å². The van der Waals surface area contributed by atoms with Crippen LogP contribution in [0, 0.1) is 40.4 Å². The topological polar surface area (TPSA) is 43.4 Å². The van der Waals surface area contributed by atoms with Crippen LogP contribution in [0.1, 0.15) is 78.1 Å². The van der Waals surface area contributed by atoms with Gasteiger partial charge in [0, 0.05) is 29.0 Å². The summed E-state index contributed by atoms with van der Waals surface area (Å²) >= 11 is 13.1. The lowest BCUT2D eigenvalue weighted by atomic mass is 9.49. The van der Waals surface area contributed by atoms with E-state index >= 15 is 0 Å². The van der Waals surface area contributed by atoms with Gasteiger partial charge in [-0.25, -0.2) is 0 Å². The quantitative estimate of drug-likeness (QED) is 0.298. The first-order valence-electron chi connectivity index (χ1n) is 11.6. The average Bonchev–Trinajstić information content (AvgIpc) is 3.02. The molecule has 0 aromatic rings. The minimum atomic E-state index is -0.836. The van der Waals surface area contributed by atoms with Crippen LogP contribution in [0.25, 0.3) is 0 Å².